The predicted octanol–water partition coefficient (Wildman–Crippen LogP) is 4.48. The predicted molar refractivity (Wildman–Crippen MR) is 118 cm³/mol. The van der Waals surface area contributed by atoms with Gasteiger partial charge in [0, 0.05) is 23.6 Å². The Kier molecular flexibility index (Phi) is 4.79. The highest BCUT2D eigenvalue weighted by Gasteiger charge is 2.21. The zero-order valence-electron chi connectivity index (χ0n) is 16.0. The third kappa shape index (κ3) is 3.71. The molecule has 4 heterocycles. The van der Waals surface area contributed by atoms with Crippen molar-refractivity contribution >= 4 is 44.4 Å². The molecule has 0 spiro atoms. The van der Waals surface area contributed by atoms with Crippen LogP contribution < -0.4 is 5.32 Å². The number of fused-ring (bicyclic) bond motifs is 2. The maximum absolute atomic E-state index is 13.8. The number of anilines is 1. The molecule has 5 rings (SSSR count). The first-order valence-electron chi connectivity index (χ1n) is 9.50. The molecule has 1 aromatic carbocycles. The van der Waals surface area contributed by atoms with Crippen molar-refractivity contribution in [2.24, 2.45) is 0 Å². The Morgan fingerprint density at radius 2 is 2.03 bits per heavy atom. The summed E-state index contributed by atoms with van der Waals surface area (Å²) in [5, 5.41) is 16.0. The Morgan fingerprint density at radius 1 is 1.19 bits per heavy atom. The number of benzene rings is 1. The highest BCUT2D eigenvalue weighted by Crippen LogP contribution is 2.32. The maximum atomic E-state index is 13.8. The molecule has 0 aliphatic heterocycles. The summed E-state index contributed by atoms with van der Waals surface area (Å²) >= 11 is 1.42. The van der Waals surface area contributed by atoms with Crippen LogP contribution in [0, 0.1) is 5.82 Å². The van der Waals surface area contributed by atoms with E-state index in [9.17, 15) is 14.3 Å². The molecule has 4 aromatic heterocycles. The largest absolute Gasteiger partial charge is 0.480 e. The molecule has 0 amide bonds. The van der Waals surface area contributed by atoms with E-state index in [4.69, 9.17) is 0 Å². The van der Waals surface area contributed by atoms with Gasteiger partial charge in [0.15, 0.2) is 5.82 Å². The van der Waals surface area contributed by atoms with E-state index < -0.39 is 17.8 Å². The molecule has 0 radical (unpaired) electrons. The first-order chi connectivity index (χ1) is 15.1. The average molecular weight is 433 g/mol. The van der Waals surface area contributed by atoms with Gasteiger partial charge < -0.3 is 15.4 Å². The number of thiophene rings is 1. The Bertz CT molecular complexity index is 1400. The second-order valence-corrected chi connectivity index (χ2v) is 7.91. The van der Waals surface area contributed by atoms with Gasteiger partial charge in [0.05, 0.1) is 11.6 Å². The number of aliphatic carboxylic acids is 1. The average Bonchev–Trinajstić information content (AvgIpc) is 3.40. The van der Waals surface area contributed by atoms with Crippen LogP contribution in [-0.4, -0.2) is 37.1 Å². The molecular weight excluding hydrogens is 417 g/mol. The number of nitrogens with one attached hydrogen (secondary N) is 2. The van der Waals surface area contributed by atoms with E-state index in [-0.39, 0.29) is 0 Å². The van der Waals surface area contributed by atoms with Crippen molar-refractivity contribution < 1.29 is 14.3 Å². The fourth-order valence-electron chi connectivity index (χ4n) is 3.46. The van der Waals surface area contributed by atoms with Crippen molar-refractivity contribution in [3.63, 3.8) is 0 Å². The third-order valence-electron chi connectivity index (χ3n) is 4.96. The summed E-state index contributed by atoms with van der Waals surface area (Å²) in [5.41, 5.74) is 2.01. The van der Waals surface area contributed by atoms with Crippen LogP contribution in [0.4, 0.5) is 10.2 Å². The summed E-state index contributed by atoms with van der Waals surface area (Å²) < 4.78 is 13.8. The molecule has 3 N–H and O–H groups in total. The van der Waals surface area contributed by atoms with Crippen LogP contribution in [-0.2, 0) is 11.2 Å². The van der Waals surface area contributed by atoms with E-state index in [0.717, 1.165) is 17.1 Å². The zero-order valence-corrected chi connectivity index (χ0v) is 16.9. The number of rotatable bonds is 6. The molecule has 7 nitrogen and oxygen atoms in total. The summed E-state index contributed by atoms with van der Waals surface area (Å²) in [4.78, 5) is 28.9. The number of halogens is 1. The minimum absolute atomic E-state index is 0.295. The molecule has 0 saturated heterocycles. The van der Waals surface area contributed by atoms with Gasteiger partial charge in [0.2, 0.25) is 0 Å². The van der Waals surface area contributed by atoms with E-state index in [0.29, 0.717) is 39.5 Å². The number of carbonyl (C=O) groups is 1. The summed E-state index contributed by atoms with van der Waals surface area (Å²) in [5.74, 6) is -0.660. The monoisotopic (exact) mass is 433 g/mol. The molecule has 5 aromatic rings. The molecule has 154 valence electrons. The number of aromatic amines is 1. The summed E-state index contributed by atoms with van der Waals surface area (Å²) in [6.07, 6.45) is 3.11. The molecule has 1 atom stereocenters. The second-order valence-electron chi connectivity index (χ2n) is 7.01. The van der Waals surface area contributed by atoms with E-state index in [2.05, 4.69) is 25.3 Å². The van der Waals surface area contributed by atoms with Crippen LogP contribution in [0.25, 0.3) is 32.6 Å². The van der Waals surface area contributed by atoms with Crippen LogP contribution >= 0.6 is 11.3 Å². The highest BCUT2D eigenvalue weighted by atomic mass is 32.1. The highest BCUT2D eigenvalue weighted by molar-refractivity contribution is 7.16. The van der Waals surface area contributed by atoms with E-state index in [1.165, 1.54) is 17.4 Å². The van der Waals surface area contributed by atoms with Crippen LogP contribution in [0.1, 0.15) is 5.56 Å². The molecule has 0 aliphatic carbocycles. The Hall–Kier alpha value is -3.85. The topological polar surface area (TPSA) is 104 Å². The van der Waals surface area contributed by atoms with Gasteiger partial charge in [-0.3, -0.25) is 0 Å². The van der Waals surface area contributed by atoms with Crippen LogP contribution in [0.2, 0.25) is 0 Å². The lowest BCUT2D eigenvalue weighted by atomic mass is 10.1. The van der Waals surface area contributed by atoms with Crippen LogP contribution in [0.5, 0.6) is 0 Å². The van der Waals surface area contributed by atoms with Crippen molar-refractivity contribution in [2.75, 3.05) is 5.32 Å². The minimum atomic E-state index is -0.981. The third-order valence-corrected chi connectivity index (χ3v) is 5.76. The van der Waals surface area contributed by atoms with Crippen molar-refractivity contribution in [1.82, 2.24) is 19.9 Å². The summed E-state index contributed by atoms with van der Waals surface area (Å²) in [6.45, 7) is 0. The SMILES string of the molecule is O=C(O)C(Cc1ccccc1)Nc1nc(-c2c[nH]c3ncc(F)cc23)nc2sccc12. The molecule has 0 bridgehead atoms. The van der Waals surface area contributed by atoms with Crippen molar-refractivity contribution in [2.45, 2.75) is 12.5 Å². The number of carboxylic acid groups (broad SMARTS) is 1. The van der Waals surface area contributed by atoms with Gasteiger partial charge in [0.1, 0.15) is 28.2 Å². The first kappa shape index (κ1) is 19.1. The number of hydrogen-bond donors (Lipinski definition) is 3. The Morgan fingerprint density at radius 3 is 2.84 bits per heavy atom. The fourth-order valence-corrected chi connectivity index (χ4v) is 4.23. The number of aromatic nitrogens is 4. The quantitative estimate of drug-likeness (QED) is 0.365. The number of pyridine rings is 1. The van der Waals surface area contributed by atoms with Crippen LogP contribution in [0.15, 0.2) is 60.2 Å². The molecule has 0 saturated carbocycles. The fraction of sp³-hybridized carbons (Fsp3) is 0.0909. The smallest absolute Gasteiger partial charge is 0.326 e. The summed E-state index contributed by atoms with van der Waals surface area (Å²) in [6, 6.07) is 11.7. The van der Waals surface area contributed by atoms with Gasteiger partial charge in [-0.15, -0.1) is 11.3 Å². The van der Waals surface area contributed by atoms with Crippen molar-refractivity contribution in [3.05, 3.63) is 71.6 Å². The lowest BCUT2D eigenvalue weighted by Gasteiger charge is -2.16. The number of hydrogen-bond acceptors (Lipinski definition) is 6. The number of H-pyrrole nitrogens is 1. The Labute approximate surface area is 179 Å². The van der Waals surface area contributed by atoms with Gasteiger partial charge in [-0.1, -0.05) is 30.3 Å². The standard InChI is InChI=1S/C22H16FN5O2S/c23-13-9-15-16(11-25-18(15)24-10-13)20-27-19(14-6-7-31-21(14)28-20)26-17(22(29)30)8-12-4-2-1-3-5-12/h1-7,9-11,17H,8H2,(H,24,25)(H,29,30)(H,26,27,28). The van der Waals surface area contributed by atoms with Crippen molar-refractivity contribution in [1.29, 1.82) is 0 Å². The molecule has 1 unspecified atom stereocenters. The minimum Gasteiger partial charge on any atom is -0.480 e. The second kappa shape index (κ2) is 7.77. The van der Waals surface area contributed by atoms with Crippen LogP contribution in [0.3, 0.4) is 0 Å². The molecule has 9 heteroatoms. The zero-order chi connectivity index (χ0) is 21.4. The first-order valence-corrected chi connectivity index (χ1v) is 10.4. The van der Waals surface area contributed by atoms with E-state index in [1.54, 1.807) is 6.20 Å². The Balaban J connectivity index is 1.57. The lowest BCUT2D eigenvalue weighted by molar-refractivity contribution is -0.137. The van der Waals surface area contributed by atoms with Crippen molar-refractivity contribution in [3.8, 4) is 11.4 Å². The number of nitrogens with zero attached hydrogens (tertiary/aromatic N) is 3. The van der Waals surface area contributed by atoms with Gasteiger partial charge in [0.25, 0.3) is 0 Å². The molecular formula is C22H16FN5O2S. The normalized spacial score (nSPS) is 12.3. The number of carboxylic acids is 1. The molecule has 0 fully saturated rings. The van der Waals surface area contributed by atoms with Gasteiger partial charge >= 0.3 is 5.97 Å². The van der Waals surface area contributed by atoms with Gasteiger partial charge in [-0.2, -0.15) is 0 Å². The maximum Gasteiger partial charge on any atom is 0.326 e. The molecule has 31 heavy (non-hydrogen) atoms. The lowest BCUT2D eigenvalue weighted by Crippen LogP contribution is -2.32. The summed E-state index contributed by atoms with van der Waals surface area (Å²) in [7, 11) is 0. The molecule has 0 aliphatic rings. The van der Waals surface area contributed by atoms with Gasteiger partial charge in [-0.05, 0) is 23.1 Å². The van der Waals surface area contributed by atoms with E-state index >= 15 is 0 Å². The van der Waals surface area contributed by atoms with Gasteiger partial charge in [-0.25, -0.2) is 24.1 Å². The van der Waals surface area contributed by atoms with E-state index in [1.807, 2.05) is 41.8 Å².